The van der Waals surface area contributed by atoms with Gasteiger partial charge in [-0.05, 0) is 18.4 Å². The predicted molar refractivity (Wildman–Crippen MR) is 63.9 cm³/mol. The summed E-state index contributed by atoms with van der Waals surface area (Å²) in [7, 11) is 0. The Labute approximate surface area is 95.6 Å². The van der Waals surface area contributed by atoms with E-state index in [1.165, 1.54) is 0 Å². The van der Waals surface area contributed by atoms with Gasteiger partial charge in [0.25, 0.3) is 0 Å². The van der Waals surface area contributed by atoms with Crippen molar-refractivity contribution in [1.29, 1.82) is 0 Å². The highest BCUT2D eigenvalue weighted by atomic mass is 16.3. The van der Waals surface area contributed by atoms with Crippen LogP contribution in [0.15, 0.2) is 36.4 Å². The molecule has 0 saturated heterocycles. The van der Waals surface area contributed by atoms with E-state index in [1.54, 1.807) is 6.08 Å². The van der Waals surface area contributed by atoms with Gasteiger partial charge in [-0.3, -0.25) is 4.79 Å². The zero-order valence-electron chi connectivity index (χ0n) is 9.23. The van der Waals surface area contributed by atoms with Crippen molar-refractivity contribution in [2.75, 3.05) is 0 Å². The van der Waals surface area contributed by atoms with E-state index >= 15 is 0 Å². The van der Waals surface area contributed by atoms with Crippen LogP contribution in [0.25, 0.3) is 6.08 Å². The molecule has 1 fully saturated rings. The van der Waals surface area contributed by atoms with Gasteiger partial charge < -0.3 is 5.11 Å². The molecule has 0 amide bonds. The number of carbonyl (C=O) groups excluding carboxylic acids is 1. The number of hydrogen-bond donors (Lipinski definition) is 1. The molecule has 0 spiro atoms. The molecule has 16 heavy (non-hydrogen) atoms. The molecule has 0 aromatic heterocycles. The van der Waals surface area contributed by atoms with Crippen LogP contribution in [0.2, 0.25) is 0 Å². The molecular formula is C14H16O2. The Kier molecular flexibility index (Phi) is 3.20. The summed E-state index contributed by atoms with van der Waals surface area (Å²) in [6, 6.07) is 9.82. The minimum atomic E-state index is -0.925. The monoisotopic (exact) mass is 216 g/mol. The largest absolute Gasteiger partial charge is 0.385 e. The van der Waals surface area contributed by atoms with Crippen molar-refractivity contribution >= 4 is 11.9 Å². The van der Waals surface area contributed by atoms with E-state index in [1.807, 2.05) is 36.4 Å². The van der Waals surface area contributed by atoms with Gasteiger partial charge in [0.05, 0.1) is 5.60 Å². The molecule has 2 heteroatoms. The number of ketones is 1. The Hall–Kier alpha value is -1.41. The highest BCUT2D eigenvalue weighted by molar-refractivity contribution is 5.81. The van der Waals surface area contributed by atoms with Gasteiger partial charge in [-0.1, -0.05) is 42.5 Å². The third-order valence-electron chi connectivity index (χ3n) is 2.95. The van der Waals surface area contributed by atoms with Crippen LogP contribution >= 0.6 is 0 Å². The first-order chi connectivity index (χ1) is 7.68. The lowest BCUT2D eigenvalue weighted by Crippen LogP contribution is -2.33. The lowest BCUT2D eigenvalue weighted by atomic mass is 9.83. The molecule has 1 atom stereocenters. The zero-order chi connectivity index (χ0) is 11.4. The van der Waals surface area contributed by atoms with Crippen molar-refractivity contribution < 1.29 is 9.90 Å². The molecule has 2 nitrogen and oxygen atoms in total. The summed E-state index contributed by atoms with van der Waals surface area (Å²) >= 11 is 0. The fraction of sp³-hybridized carbons (Fsp3) is 0.357. The van der Waals surface area contributed by atoms with E-state index in [9.17, 15) is 9.90 Å². The molecule has 2 rings (SSSR count). The Morgan fingerprint density at radius 2 is 2.00 bits per heavy atom. The molecule has 1 N–H and O–H groups in total. The van der Waals surface area contributed by atoms with Gasteiger partial charge in [-0.2, -0.15) is 0 Å². The molecule has 0 unspecified atom stereocenters. The topological polar surface area (TPSA) is 37.3 Å². The predicted octanol–water partition coefficient (Wildman–Crippen LogP) is 2.57. The molecule has 0 heterocycles. The summed E-state index contributed by atoms with van der Waals surface area (Å²) in [6.45, 7) is 0. The average Bonchev–Trinajstić information content (AvgIpc) is 2.28. The number of rotatable bonds is 2. The Morgan fingerprint density at radius 1 is 1.25 bits per heavy atom. The van der Waals surface area contributed by atoms with E-state index in [0.717, 1.165) is 12.0 Å². The molecular weight excluding hydrogens is 200 g/mol. The third-order valence-corrected chi connectivity index (χ3v) is 2.95. The Bertz CT molecular complexity index is 394. The second-order valence-electron chi connectivity index (χ2n) is 4.42. The van der Waals surface area contributed by atoms with Crippen LogP contribution in [0.5, 0.6) is 0 Å². The molecule has 0 radical (unpaired) electrons. The standard InChI is InChI=1S/C14H16O2/c15-13-7-4-9-14(16,11-13)10-8-12-5-2-1-3-6-12/h1-3,5-6,8,10,16H,4,7,9,11H2/b10-8+/t14-/m0/s1. The van der Waals surface area contributed by atoms with Crippen molar-refractivity contribution in [2.24, 2.45) is 0 Å². The number of aliphatic hydroxyl groups is 1. The summed E-state index contributed by atoms with van der Waals surface area (Å²) in [5.74, 6) is 0.159. The quantitative estimate of drug-likeness (QED) is 0.825. The maximum Gasteiger partial charge on any atom is 0.136 e. The highest BCUT2D eigenvalue weighted by Crippen LogP contribution is 2.27. The van der Waals surface area contributed by atoms with Gasteiger partial charge in [-0.25, -0.2) is 0 Å². The van der Waals surface area contributed by atoms with Crippen LogP contribution in [0.1, 0.15) is 31.2 Å². The first kappa shape index (κ1) is 11.1. The van der Waals surface area contributed by atoms with Crippen LogP contribution in [0, 0.1) is 0 Å². The van der Waals surface area contributed by atoms with Crippen LogP contribution < -0.4 is 0 Å². The van der Waals surface area contributed by atoms with Crippen LogP contribution in [-0.4, -0.2) is 16.5 Å². The summed E-state index contributed by atoms with van der Waals surface area (Å²) in [5, 5.41) is 10.2. The van der Waals surface area contributed by atoms with Gasteiger partial charge in [0.1, 0.15) is 5.78 Å². The van der Waals surface area contributed by atoms with Gasteiger partial charge in [0, 0.05) is 12.8 Å². The molecule has 1 aliphatic carbocycles. The van der Waals surface area contributed by atoms with Crippen molar-refractivity contribution in [2.45, 2.75) is 31.3 Å². The number of carbonyl (C=O) groups is 1. The molecule has 84 valence electrons. The Balaban J connectivity index is 2.08. The number of benzene rings is 1. The number of hydrogen-bond acceptors (Lipinski definition) is 2. The van der Waals surface area contributed by atoms with Crippen LogP contribution in [0.4, 0.5) is 0 Å². The first-order valence-corrected chi connectivity index (χ1v) is 5.66. The molecule has 0 aliphatic heterocycles. The summed E-state index contributed by atoms with van der Waals surface area (Å²) < 4.78 is 0. The molecule has 0 bridgehead atoms. The maximum absolute atomic E-state index is 11.3. The van der Waals surface area contributed by atoms with Crippen molar-refractivity contribution in [3.63, 3.8) is 0 Å². The van der Waals surface area contributed by atoms with Crippen molar-refractivity contribution in [1.82, 2.24) is 0 Å². The van der Waals surface area contributed by atoms with Crippen LogP contribution in [-0.2, 0) is 4.79 Å². The fourth-order valence-electron chi connectivity index (χ4n) is 2.07. The average molecular weight is 216 g/mol. The van der Waals surface area contributed by atoms with E-state index < -0.39 is 5.60 Å². The molecule has 1 aromatic rings. The second-order valence-corrected chi connectivity index (χ2v) is 4.42. The smallest absolute Gasteiger partial charge is 0.136 e. The normalized spacial score (nSPS) is 26.2. The van der Waals surface area contributed by atoms with E-state index in [0.29, 0.717) is 12.8 Å². The maximum atomic E-state index is 11.3. The van der Waals surface area contributed by atoms with Crippen LogP contribution in [0.3, 0.4) is 0 Å². The van der Waals surface area contributed by atoms with Gasteiger partial charge in [0.2, 0.25) is 0 Å². The molecule has 1 aliphatic rings. The summed E-state index contributed by atoms with van der Waals surface area (Å²) in [4.78, 5) is 11.3. The highest BCUT2D eigenvalue weighted by Gasteiger charge is 2.30. The minimum absolute atomic E-state index is 0.159. The summed E-state index contributed by atoms with van der Waals surface area (Å²) in [5.41, 5.74) is 0.125. The first-order valence-electron chi connectivity index (χ1n) is 5.66. The lowest BCUT2D eigenvalue weighted by molar-refractivity contribution is -0.125. The fourth-order valence-corrected chi connectivity index (χ4v) is 2.07. The van der Waals surface area contributed by atoms with E-state index in [2.05, 4.69) is 0 Å². The molecule has 1 saturated carbocycles. The Morgan fingerprint density at radius 3 is 2.69 bits per heavy atom. The zero-order valence-corrected chi connectivity index (χ0v) is 9.23. The van der Waals surface area contributed by atoms with Crippen molar-refractivity contribution in [3.8, 4) is 0 Å². The lowest BCUT2D eigenvalue weighted by Gasteiger charge is -2.27. The second kappa shape index (κ2) is 4.62. The van der Waals surface area contributed by atoms with Crippen molar-refractivity contribution in [3.05, 3.63) is 42.0 Å². The van der Waals surface area contributed by atoms with Gasteiger partial charge in [0.15, 0.2) is 0 Å². The third kappa shape index (κ3) is 2.80. The molecule has 1 aromatic carbocycles. The number of Topliss-reactive ketones (excluding diaryl/α,β-unsaturated/α-hetero) is 1. The minimum Gasteiger partial charge on any atom is -0.385 e. The van der Waals surface area contributed by atoms with E-state index in [-0.39, 0.29) is 12.2 Å². The summed E-state index contributed by atoms with van der Waals surface area (Å²) in [6.07, 6.45) is 5.99. The van der Waals surface area contributed by atoms with Gasteiger partial charge >= 0.3 is 0 Å². The van der Waals surface area contributed by atoms with E-state index in [4.69, 9.17) is 0 Å². The SMILES string of the molecule is O=C1CCC[C@](O)(/C=C/c2ccccc2)C1. The van der Waals surface area contributed by atoms with Gasteiger partial charge in [-0.15, -0.1) is 0 Å².